The van der Waals surface area contributed by atoms with Crippen LogP contribution in [0.4, 0.5) is 0 Å². The number of hydrogen-bond acceptors (Lipinski definition) is 4. The quantitative estimate of drug-likeness (QED) is 0.566. The summed E-state index contributed by atoms with van der Waals surface area (Å²) in [4.78, 5) is 32.5. The molecule has 0 aliphatic heterocycles. The minimum absolute atomic E-state index is 0.0431. The Morgan fingerprint density at radius 1 is 1.00 bits per heavy atom. The van der Waals surface area contributed by atoms with Crippen molar-refractivity contribution in [3.8, 4) is 11.1 Å². The third-order valence-corrected chi connectivity index (χ3v) is 4.90. The molecule has 4 nitrogen and oxygen atoms in total. The number of ketones is 1. The first-order valence-corrected chi connectivity index (χ1v) is 8.74. The SMILES string of the molecule is O=C(Cc1nc2ccc(-c3ccccc3)cc2c(=O)[nH]1)c1cccs1. The van der Waals surface area contributed by atoms with Gasteiger partial charge in [0.25, 0.3) is 5.56 Å². The maximum absolute atomic E-state index is 12.4. The summed E-state index contributed by atoms with van der Waals surface area (Å²) in [5, 5.41) is 2.38. The number of nitrogens with one attached hydrogen (secondary N) is 1. The third-order valence-electron chi connectivity index (χ3n) is 3.99. The highest BCUT2D eigenvalue weighted by Crippen LogP contribution is 2.22. The van der Waals surface area contributed by atoms with Gasteiger partial charge in [-0.05, 0) is 34.7 Å². The summed E-state index contributed by atoms with van der Waals surface area (Å²) in [7, 11) is 0. The normalized spacial score (nSPS) is 10.9. The van der Waals surface area contributed by atoms with Crippen LogP contribution in [0, 0.1) is 0 Å². The van der Waals surface area contributed by atoms with Crippen molar-refractivity contribution in [3.63, 3.8) is 0 Å². The van der Waals surface area contributed by atoms with E-state index in [2.05, 4.69) is 9.97 Å². The monoisotopic (exact) mass is 346 g/mol. The second-order valence-corrected chi connectivity index (χ2v) is 6.64. The highest BCUT2D eigenvalue weighted by Gasteiger charge is 2.12. The largest absolute Gasteiger partial charge is 0.310 e. The predicted octanol–water partition coefficient (Wildman–Crippen LogP) is 4.08. The fraction of sp³-hybridized carbons (Fsp3) is 0.0500. The number of nitrogens with zero attached hydrogens (tertiary/aromatic N) is 1. The van der Waals surface area contributed by atoms with Crippen LogP contribution in [-0.4, -0.2) is 15.8 Å². The Kier molecular flexibility index (Phi) is 3.99. The summed E-state index contributed by atoms with van der Waals surface area (Å²) in [6, 6.07) is 19.1. The molecule has 1 N–H and O–H groups in total. The number of Topliss-reactive ketones (excluding diaryl/α,β-unsaturated/α-hetero) is 1. The van der Waals surface area contributed by atoms with Gasteiger partial charge in [-0.2, -0.15) is 0 Å². The van der Waals surface area contributed by atoms with Crippen molar-refractivity contribution in [2.45, 2.75) is 6.42 Å². The first-order chi connectivity index (χ1) is 12.2. The van der Waals surface area contributed by atoms with E-state index in [9.17, 15) is 9.59 Å². The number of benzene rings is 2. The molecule has 0 aliphatic carbocycles. The van der Waals surface area contributed by atoms with Gasteiger partial charge in [0.15, 0.2) is 5.78 Å². The maximum Gasteiger partial charge on any atom is 0.258 e. The summed E-state index contributed by atoms with van der Waals surface area (Å²) in [6.07, 6.45) is 0.0894. The molecule has 0 radical (unpaired) electrons. The number of thiophene rings is 1. The van der Waals surface area contributed by atoms with Crippen LogP contribution in [0.1, 0.15) is 15.5 Å². The molecule has 122 valence electrons. The van der Waals surface area contributed by atoms with E-state index in [1.807, 2.05) is 60.0 Å². The van der Waals surface area contributed by atoms with E-state index >= 15 is 0 Å². The van der Waals surface area contributed by atoms with Crippen molar-refractivity contribution in [2.75, 3.05) is 0 Å². The molecule has 0 fully saturated rings. The van der Waals surface area contributed by atoms with Crippen molar-refractivity contribution in [1.29, 1.82) is 0 Å². The lowest BCUT2D eigenvalue weighted by Gasteiger charge is -2.05. The Hall–Kier alpha value is -3.05. The van der Waals surface area contributed by atoms with Gasteiger partial charge in [-0.15, -0.1) is 11.3 Å². The number of H-pyrrole nitrogens is 1. The number of rotatable bonds is 4. The summed E-state index contributed by atoms with van der Waals surface area (Å²) in [5.74, 6) is 0.349. The molecule has 0 saturated heterocycles. The predicted molar refractivity (Wildman–Crippen MR) is 100 cm³/mol. The van der Waals surface area contributed by atoms with Gasteiger partial charge in [-0.25, -0.2) is 4.98 Å². The van der Waals surface area contributed by atoms with Gasteiger partial charge in [0, 0.05) is 0 Å². The van der Waals surface area contributed by atoms with Crippen LogP contribution in [0.5, 0.6) is 0 Å². The Balaban J connectivity index is 1.71. The van der Waals surface area contributed by atoms with Crippen molar-refractivity contribution < 1.29 is 4.79 Å². The van der Waals surface area contributed by atoms with Gasteiger partial charge in [0.05, 0.1) is 22.2 Å². The second kappa shape index (κ2) is 6.45. The van der Waals surface area contributed by atoms with E-state index in [1.165, 1.54) is 11.3 Å². The molecule has 0 amide bonds. The molecule has 0 bridgehead atoms. The summed E-state index contributed by atoms with van der Waals surface area (Å²) in [6.45, 7) is 0. The van der Waals surface area contributed by atoms with Gasteiger partial charge in [-0.3, -0.25) is 9.59 Å². The zero-order valence-corrected chi connectivity index (χ0v) is 14.0. The molecule has 5 heteroatoms. The Morgan fingerprint density at radius 2 is 1.84 bits per heavy atom. The highest BCUT2D eigenvalue weighted by atomic mass is 32.1. The maximum atomic E-state index is 12.4. The molecule has 0 saturated carbocycles. The minimum atomic E-state index is -0.225. The first kappa shape index (κ1) is 15.5. The molecule has 2 aromatic heterocycles. The molecule has 2 heterocycles. The third kappa shape index (κ3) is 3.14. The highest BCUT2D eigenvalue weighted by molar-refractivity contribution is 7.12. The van der Waals surface area contributed by atoms with Gasteiger partial charge in [-0.1, -0.05) is 42.5 Å². The Bertz CT molecular complexity index is 1100. The van der Waals surface area contributed by atoms with Gasteiger partial charge in [0.1, 0.15) is 5.82 Å². The van der Waals surface area contributed by atoms with Crippen molar-refractivity contribution >= 4 is 28.0 Å². The number of aromatic amines is 1. The molecule has 0 atom stereocenters. The van der Waals surface area contributed by atoms with Crippen LogP contribution in [-0.2, 0) is 6.42 Å². The summed E-state index contributed by atoms with van der Waals surface area (Å²) < 4.78 is 0. The molecule has 0 aliphatic rings. The van der Waals surface area contributed by atoms with Crippen LogP contribution in [0.25, 0.3) is 22.0 Å². The molecule has 0 spiro atoms. The fourth-order valence-electron chi connectivity index (χ4n) is 2.76. The molecule has 4 aromatic rings. The molecular weight excluding hydrogens is 332 g/mol. The van der Waals surface area contributed by atoms with E-state index in [-0.39, 0.29) is 17.8 Å². The minimum Gasteiger partial charge on any atom is -0.310 e. The number of aromatic nitrogens is 2. The van der Waals surface area contributed by atoms with Crippen molar-refractivity contribution in [2.24, 2.45) is 0 Å². The Morgan fingerprint density at radius 3 is 2.60 bits per heavy atom. The zero-order chi connectivity index (χ0) is 17.2. The number of carbonyl (C=O) groups excluding carboxylic acids is 1. The number of fused-ring (bicyclic) bond motifs is 1. The van der Waals surface area contributed by atoms with Crippen LogP contribution in [0.15, 0.2) is 70.8 Å². The molecule has 25 heavy (non-hydrogen) atoms. The van der Waals surface area contributed by atoms with Gasteiger partial charge in [0.2, 0.25) is 0 Å². The van der Waals surface area contributed by atoms with E-state index < -0.39 is 0 Å². The first-order valence-electron chi connectivity index (χ1n) is 7.86. The topological polar surface area (TPSA) is 62.8 Å². The average molecular weight is 346 g/mol. The van der Waals surface area contributed by atoms with Gasteiger partial charge < -0.3 is 4.98 Å². The summed E-state index contributed by atoms with van der Waals surface area (Å²) >= 11 is 1.39. The van der Waals surface area contributed by atoms with Crippen LogP contribution >= 0.6 is 11.3 Å². The molecule has 4 rings (SSSR count). The van der Waals surface area contributed by atoms with Crippen LogP contribution < -0.4 is 5.56 Å². The number of hydrogen-bond donors (Lipinski definition) is 1. The summed E-state index contributed by atoms with van der Waals surface area (Å²) in [5.41, 5.74) is 2.37. The lowest BCUT2D eigenvalue weighted by atomic mass is 10.0. The van der Waals surface area contributed by atoms with Crippen LogP contribution in [0.3, 0.4) is 0 Å². The van der Waals surface area contributed by atoms with Gasteiger partial charge >= 0.3 is 0 Å². The molecule has 0 unspecified atom stereocenters. The lowest BCUT2D eigenvalue weighted by molar-refractivity contribution is 0.0994. The van der Waals surface area contributed by atoms with Crippen molar-refractivity contribution in [1.82, 2.24) is 9.97 Å². The lowest BCUT2D eigenvalue weighted by Crippen LogP contribution is -2.15. The van der Waals surface area contributed by atoms with E-state index in [0.29, 0.717) is 21.6 Å². The average Bonchev–Trinajstić information content (AvgIpc) is 3.17. The van der Waals surface area contributed by atoms with Crippen molar-refractivity contribution in [3.05, 3.63) is 87.1 Å². The zero-order valence-electron chi connectivity index (χ0n) is 13.2. The van der Waals surface area contributed by atoms with E-state index in [0.717, 1.165) is 11.1 Å². The van der Waals surface area contributed by atoms with Crippen LogP contribution in [0.2, 0.25) is 0 Å². The smallest absolute Gasteiger partial charge is 0.258 e. The standard InChI is InChI=1S/C20H14N2O2S/c23-17(18-7-4-10-25-18)12-19-21-16-9-8-14(11-15(16)20(24)22-19)13-5-2-1-3-6-13/h1-11H,12H2,(H,21,22,24). The van der Waals surface area contributed by atoms with E-state index in [4.69, 9.17) is 0 Å². The second-order valence-electron chi connectivity index (χ2n) is 5.69. The molecule has 2 aromatic carbocycles. The molecular formula is C20H14N2O2S. The Labute approximate surface area is 147 Å². The fourth-order valence-corrected chi connectivity index (χ4v) is 3.42. The van der Waals surface area contributed by atoms with E-state index in [1.54, 1.807) is 6.07 Å². The number of carbonyl (C=O) groups is 1.